The number of methoxy groups -OCH3 is 1. The Labute approximate surface area is 183 Å². The minimum atomic E-state index is -0.679. The molecule has 9 heteroatoms. The molecule has 0 aliphatic heterocycles. The van der Waals surface area contributed by atoms with Gasteiger partial charge in [0.2, 0.25) is 0 Å². The number of amides is 1. The summed E-state index contributed by atoms with van der Waals surface area (Å²) in [4.78, 5) is 35.6. The number of hydrogen-bond donors (Lipinski definition) is 1. The van der Waals surface area contributed by atoms with Gasteiger partial charge in [0.15, 0.2) is 6.61 Å². The predicted octanol–water partition coefficient (Wildman–Crippen LogP) is 2.51. The number of carbonyl (C=O) groups excluding carboxylic acids is 3. The van der Waals surface area contributed by atoms with E-state index in [9.17, 15) is 14.4 Å². The van der Waals surface area contributed by atoms with Crippen molar-refractivity contribution in [3.8, 4) is 10.6 Å². The summed E-state index contributed by atoms with van der Waals surface area (Å²) in [6.45, 7) is -0.184. The lowest BCUT2D eigenvalue weighted by atomic mass is 10.2. The van der Waals surface area contributed by atoms with Gasteiger partial charge in [-0.3, -0.25) is 14.3 Å². The van der Waals surface area contributed by atoms with Gasteiger partial charge in [-0.25, -0.2) is 4.79 Å². The smallest absolute Gasteiger partial charge is 0.331 e. The van der Waals surface area contributed by atoms with E-state index in [1.807, 2.05) is 58.7 Å². The molecule has 0 atom stereocenters. The number of nitrogens with one attached hydrogen (secondary N) is 1. The molecule has 0 radical (unpaired) electrons. The minimum Gasteiger partial charge on any atom is -0.468 e. The van der Waals surface area contributed by atoms with Gasteiger partial charge in [-0.05, 0) is 23.1 Å². The summed E-state index contributed by atoms with van der Waals surface area (Å²) in [5.41, 5.74) is 2.62. The van der Waals surface area contributed by atoms with Crippen LogP contribution in [-0.4, -0.2) is 47.9 Å². The molecule has 3 aromatic rings. The molecular formula is C22H21N3O5S. The standard InChI is InChI=1S/C22H21N3O5S/c1-29-21(28)12-23-19(26)15-30-20(27)10-9-17-14-25(13-16-6-3-2-4-7-16)24-22(17)18-8-5-11-31-18/h2-11,14H,12-13,15H2,1H3,(H,23,26)/b10-9+. The molecule has 0 bridgehead atoms. The summed E-state index contributed by atoms with van der Waals surface area (Å²) >= 11 is 1.55. The number of nitrogens with zero attached hydrogens (tertiary/aromatic N) is 2. The Bertz CT molecular complexity index is 1060. The number of rotatable bonds is 9. The fraction of sp³-hybridized carbons (Fsp3) is 0.182. The number of thiophene rings is 1. The van der Waals surface area contributed by atoms with E-state index in [4.69, 9.17) is 4.74 Å². The molecule has 0 unspecified atom stereocenters. The maximum atomic E-state index is 12.0. The molecule has 1 N–H and O–H groups in total. The summed E-state index contributed by atoms with van der Waals surface area (Å²) in [6.07, 6.45) is 4.71. The first-order valence-corrected chi connectivity index (χ1v) is 10.3. The molecule has 0 aliphatic carbocycles. The molecule has 8 nitrogen and oxygen atoms in total. The second kappa shape index (κ2) is 10.9. The van der Waals surface area contributed by atoms with Crippen molar-refractivity contribution in [2.75, 3.05) is 20.3 Å². The number of ether oxygens (including phenoxy) is 2. The van der Waals surface area contributed by atoms with Crippen LogP contribution in [0.1, 0.15) is 11.1 Å². The SMILES string of the molecule is COC(=O)CNC(=O)COC(=O)/C=C/c1cn(Cc2ccccc2)nc1-c1cccs1. The Morgan fingerprint density at radius 3 is 2.68 bits per heavy atom. The van der Waals surface area contributed by atoms with Crippen molar-refractivity contribution in [1.29, 1.82) is 0 Å². The van der Waals surface area contributed by atoms with Crippen LogP contribution in [0.15, 0.2) is 60.1 Å². The number of benzene rings is 1. The van der Waals surface area contributed by atoms with E-state index in [1.54, 1.807) is 17.4 Å². The molecule has 0 saturated carbocycles. The van der Waals surface area contributed by atoms with Crippen LogP contribution in [0.2, 0.25) is 0 Å². The number of aromatic nitrogens is 2. The molecule has 0 aliphatic rings. The zero-order valence-corrected chi connectivity index (χ0v) is 17.6. The van der Waals surface area contributed by atoms with Crippen LogP contribution in [0.25, 0.3) is 16.6 Å². The third-order valence-electron chi connectivity index (χ3n) is 4.13. The molecule has 0 saturated heterocycles. The highest BCUT2D eigenvalue weighted by Crippen LogP contribution is 2.27. The highest BCUT2D eigenvalue weighted by atomic mass is 32.1. The predicted molar refractivity (Wildman–Crippen MR) is 116 cm³/mol. The highest BCUT2D eigenvalue weighted by Gasteiger charge is 2.12. The van der Waals surface area contributed by atoms with Gasteiger partial charge >= 0.3 is 11.9 Å². The average molecular weight is 439 g/mol. The Morgan fingerprint density at radius 1 is 1.16 bits per heavy atom. The van der Waals surface area contributed by atoms with Crippen LogP contribution in [0.4, 0.5) is 0 Å². The van der Waals surface area contributed by atoms with Crippen molar-refractivity contribution < 1.29 is 23.9 Å². The summed E-state index contributed by atoms with van der Waals surface area (Å²) in [6, 6.07) is 13.8. The first kappa shape index (κ1) is 22.0. The second-order valence-electron chi connectivity index (χ2n) is 6.39. The van der Waals surface area contributed by atoms with Crippen molar-refractivity contribution in [3.05, 3.63) is 71.2 Å². The molecule has 2 heterocycles. The van der Waals surface area contributed by atoms with Crippen LogP contribution in [0.3, 0.4) is 0 Å². The van der Waals surface area contributed by atoms with Crippen LogP contribution in [0.5, 0.6) is 0 Å². The van der Waals surface area contributed by atoms with Gasteiger partial charge in [-0.2, -0.15) is 5.10 Å². The number of esters is 2. The maximum absolute atomic E-state index is 12.0. The van der Waals surface area contributed by atoms with Gasteiger partial charge in [0.1, 0.15) is 12.2 Å². The van der Waals surface area contributed by atoms with Crippen LogP contribution < -0.4 is 5.32 Å². The normalized spacial score (nSPS) is 10.7. The largest absolute Gasteiger partial charge is 0.468 e. The van der Waals surface area contributed by atoms with E-state index in [0.29, 0.717) is 6.54 Å². The molecule has 31 heavy (non-hydrogen) atoms. The molecule has 2 aromatic heterocycles. The van der Waals surface area contributed by atoms with Gasteiger partial charge in [-0.15, -0.1) is 11.3 Å². The molecule has 160 valence electrons. The molecule has 0 fully saturated rings. The van der Waals surface area contributed by atoms with Crippen molar-refractivity contribution >= 4 is 35.3 Å². The average Bonchev–Trinajstić information content (AvgIpc) is 3.45. The monoisotopic (exact) mass is 439 g/mol. The van der Waals surface area contributed by atoms with Crippen LogP contribution >= 0.6 is 11.3 Å². The molecule has 1 amide bonds. The zero-order chi connectivity index (χ0) is 22.1. The number of hydrogen-bond acceptors (Lipinski definition) is 7. The first-order chi connectivity index (χ1) is 15.0. The maximum Gasteiger partial charge on any atom is 0.331 e. The zero-order valence-electron chi connectivity index (χ0n) is 16.8. The summed E-state index contributed by atoms with van der Waals surface area (Å²) in [5, 5.41) is 8.91. The summed E-state index contributed by atoms with van der Waals surface area (Å²) in [5.74, 6) is -1.86. The minimum absolute atomic E-state index is 0.284. The fourth-order valence-electron chi connectivity index (χ4n) is 2.65. The lowest BCUT2D eigenvalue weighted by Gasteiger charge is -2.03. The fourth-order valence-corrected chi connectivity index (χ4v) is 3.38. The van der Waals surface area contributed by atoms with Crippen molar-refractivity contribution in [2.45, 2.75) is 6.54 Å². The van der Waals surface area contributed by atoms with E-state index >= 15 is 0 Å². The van der Waals surface area contributed by atoms with Gasteiger partial charge in [0, 0.05) is 17.8 Å². The third kappa shape index (κ3) is 6.65. The van der Waals surface area contributed by atoms with Crippen LogP contribution in [0, 0.1) is 0 Å². The van der Waals surface area contributed by atoms with Crippen LogP contribution in [-0.2, 0) is 30.4 Å². The van der Waals surface area contributed by atoms with Crippen molar-refractivity contribution in [3.63, 3.8) is 0 Å². The molecule has 0 spiro atoms. The molecular weight excluding hydrogens is 418 g/mol. The van der Waals surface area contributed by atoms with E-state index in [-0.39, 0.29) is 6.54 Å². The van der Waals surface area contributed by atoms with E-state index in [1.165, 1.54) is 13.2 Å². The van der Waals surface area contributed by atoms with Gasteiger partial charge < -0.3 is 14.8 Å². The summed E-state index contributed by atoms with van der Waals surface area (Å²) in [7, 11) is 1.21. The lowest BCUT2D eigenvalue weighted by molar-refractivity contribution is -0.145. The highest BCUT2D eigenvalue weighted by molar-refractivity contribution is 7.13. The Kier molecular flexibility index (Phi) is 7.72. The van der Waals surface area contributed by atoms with Crippen molar-refractivity contribution in [1.82, 2.24) is 15.1 Å². The summed E-state index contributed by atoms with van der Waals surface area (Å²) < 4.78 is 11.1. The van der Waals surface area contributed by atoms with E-state index < -0.39 is 24.5 Å². The quantitative estimate of drug-likeness (QED) is 0.406. The van der Waals surface area contributed by atoms with Gasteiger partial charge in [-0.1, -0.05) is 36.4 Å². The number of carbonyl (C=O) groups is 3. The third-order valence-corrected chi connectivity index (χ3v) is 5.01. The van der Waals surface area contributed by atoms with Crippen molar-refractivity contribution in [2.24, 2.45) is 0 Å². The lowest BCUT2D eigenvalue weighted by Crippen LogP contribution is -2.33. The van der Waals surface area contributed by atoms with E-state index in [0.717, 1.165) is 21.7 Å². The van der Waals surface area contributed by atoms with E-state index in [2.05, 4.69) is 15.2 Å². The second-order valence-corrected chi connectivity index (χ2v) is 7.34. The van der Waals surface area contributed by atoms with Gasteiger partial charge in [0.05, 0.1) is 18.5 Å². The Hall–Kier alpha value is -3.72. The Balaban J connectivity index is 1.65. The Morgan fingerprint density at radius 2 is 1.97 bits per heavy atom. The molecule has 1 aromatic carbocycles. The topological polar surface area (TPSA) is 99.5 Å². The molecule has 3 rings (SSSR count). The van der Waals surface area contributed by atoms with Gasteiger partial charge in [0.25, 0.3) is 5.91 Å². The first-order valence-electron chi connectivity index (χ1n) is 9.39.